The fraction of sp³-hybridized carbons (Fsp3) is 0.158. The smallest absolute Gasteiger partial charge is 0.248 e. The number of hydrazone groups is 1. The Kier molecular flexibility index (Phi) is 6.73. The summed E-state index contributed by atoms with van der Waals surface area (Å²) < 4.78 is 14.4. The highest BCUT2D eigenvalue weighted by molar-refractivity contribution is 6.33. The number of benzene rings is 2. The first-order valence-corrected chi connectivity index (χ1v) is 9.33. The van der Waals surface area contributed by atoms with Crippen LogP contribution < -0.4 is 10.7 Å². The van der Waals surface area contributed by atoms with E-state index >= 15 is 0 Å². The van der Waals surface area contributed by atoms with E-state index in [-0.39, 0.29) is 28.3 Å². The lowest BCUT2D eigenvalue weighted by Gasteiger charge is -2.10. The van der Waals surface area contributed by atoms with E-state index in [2.05, 4.69) is 30.8 Å². The van der Waals surface area contributed by atoms with Crippen molar-refractivity contribution in [1.29, 1.82) is 0 Å². The summed E-state index contributed by atoms with van der Waals surface area (Å²) in [6.07, 6.45) is 3.48. The number of aromatic nitrogens is 3. The number of nitrogens with zero attached hydrogens (tertiary/aromatic N) is 4. The molecule has 6 nitrogen and oxygen atoms in total. The minimum atomic E-state index is -0.531. The van der Waals surface area contributed by atoms with E-state index in [1.54, 1.807) is 36.5 Å². The Morgan fingerprint density at radius 2 is 1.79 bits per heavy atom. The molecule has 0 aliphatic carbocycles. The predicted octanol–water partition coefficient (Wildman–Crippen LogP) is 5.93. The van der Waals surface area contributed by atoms with Crippen LogP contribution >= 0.6 is 23.2 Å². The van der Waals surface area contributed by atoms with Gasteiger partial charge in [-0.05, 0) is 42.8 Å². The van der Waals surface area contributed by atoms with Gasteiger partial charge in [-0.1, -0.05) is 42.6 Å². The first kappa shape index (κ1) is 20.0. The van der Waals surface area contributed by atoms with Gasteiger partial charge < -0.3 is 5.32 Å². The Labute approximate surface area is 171 Å². The van der Waals surface area contributed by atoms with Crippen LogP contribution in [0.1, 0.15) is 19.8 Å². The lowest BCUT2D eigenvalue weighted by molar-refractivity contribution is 0.630. The third kappa shape index (κ3) is 5.15. The Morgan fingerprint density at radius 3 is 2.50 bits per heavy atom. The zero-order valence-corrected chi connectivity index (χ0v) is 16.5. The Balaban J connectivity index is 1.99. The third-order valence-electron chi connectivity index (χ3n) is 3.60. The average molecular weight is 419 g/mol. The molecule has 28 heavy (non-hydrogen) atoms. The maximum Gasteiger partial charge on any atom is 0.248 e. The Hall–Kier alpha value is -2.77. The molecule has 1 heterocycles. The van der Waals surface area contributed by atoms with E-state index in [4.69, 9.17) is 23.2 Å². The normalized spacial score (nSPS) is 11.0. The molecule has 0 amide bonds. The van der Waals surface area contributed by atoms with E-state index in [9.17, 15) is 4.39 Å². The molecule has 0 aliphatic heterocycles. The second-order valence-electron chi connectivity index (χ2n) is 5.75. The van der Waals surface area contributed by atoms with E-state index in [0.29, 0.717) is 10.7 Å². The first-order chi connectivity index (χ1) is 13.6. The fourth-order valence-corrected chi connectivity index (χ4v) is 2.64. The maximum absolute atomic E-state index is 14.4. The van der Waals surface area contributed by atoms with E-state index < -0.39 is 5.82 Å². The summed E-state index contributed by atoms with van der Waals surface area (Å²) in [6.45, 7) is 2.04. The number of unbranched alkanes of at least 4 members (excludes halogenated alkanes) is 1. The van der Waals surface area contributed by atoms with Gasteiger partial charge in [-0.25, -0.2) is 9.82 Å². The van der Waals surface area contributed by atoms with Gasteiger partial charge in [-0.3, -0.25) is 0 Å². The number of halogens is 3. The van der Waals surface area contributed by atoms with Crippen molar-refractivity contribution in [1.82, 2.24) is 15.0 Å². The SMILES string of the molecule is CCCC=NNc1nc(Nc2ccc(Cl)cc2)nc(-c2c(F)cccc2Cl)n1. The largest absolute Gasteiger partial charge is 0.324 e. The Morgan fingerprint density at radius 1 is 1.04 bits per heavy atom. The van der Waals surface area contributed by atoms with Gasteiger partial charge in [0.05, 0.1) is 10.6 Å². The molecule has 0 fully saturated rings. The molecule has 0 unspecified atom stereocenters. The van der Waals surface area contributed by atoms with Crippen LogP contribution in [0.5, 0.6) is 0 Å². The predicted molar refractivity (Wildman–Crippen MR) is 112 cm³/mol. The lowest BCUT2D eigenvalue weighted by atomic mass is 10.2. The highest BCUT2D eigenvalue weighted by atomic mass is 35.5. The van der Waals surface area contributed by atoms with Crippen LogP contribution in [0.4, 0.5) is 22.0 Å². The maximum atomic E-state index is 14.4. The number of nitrogens with one attached hydrogen (secondary N) is 2. The van der Waals surface area contributed by atoms with Crippen LogP contribution in [0.25, 0.3) is 11.4 Å². The average Bonchev–Trinajstić information content (AvgIpc) is 2.67. The highest BCUT2D eigenvalue weighted by Crippen LogP contribution is 2.29. The minimum absolute atomic E-state index is 0.0859. The Bertz CT molecular complexity index is 958. The van der Waals surface area contributed by atoms with Crippen molar-refractivity contribution in [3.05, 3.63) is 58.3 Å². The molecule has 3 aromatic rings. The molecule has 0 atom stereocenters. The van der Waals surface area contributed by atoms with E-state index in [1.165, 1.54) is 12.1 Å². The van der Waals surface area contributed by atoms with E-state index in [1.807, 2.05) is 6.92 Å². The number of hydrogen-bond acceptors (Lipinski definition) is 6. The van der Waals surface area contributed by atoms with Crippen LogP contribution in [-0.2, 0) is 0 Å². The van der Waals surface area contributed by atoms with Crippen molar-refractivity contribution in [2.24, 2.45) is 5.10 Å². The molecule has 2 N–H and O–H groups in total. The van der Waals surface area contributed by atoms with Crippen molar-refractivity contribution in [2.45, 2.75) is 19.8 Å². The second-order valence-corrected chi connectivity index (χ2v) is 6.59. The van der Waals surface area contributed by atoms with Crippen molar-refractivity contribution in [2.75, 3.05) is 10.7 Å². The fourth-order valence-electron chi connectivity index (χ4n) is 2.26. The molecule has 9 heteroatoms. The molecule has 0 saturated carbocycles. The molecule has 144 valence electrons. The molecule has 0 spiro atoms. The first-order valence-electron chi connectivity index (χ1n) is 8.57. The molecule has 0 saturated heterocycles. The number of hydrogen-bond donors (Lipinski definition) is 2. The monoisotopic (exact) mass is 418 g/mol. The topological polar surface area (TPSA) is 75.1 Å². The quantitative estimate of drug-likeness (QED) is 0.367. The number of rotatable bonds is 7. The van der Waals surface area contributed by atoms with Gasteiger partial charge in [-0.15, -0.1) is 0 Å². The van der Waals surface area contributed by atoms with Gasteiger partial charge in [0.25, 0.3) is 0 Å². The second kappa shape index (κ2) is 9.43. The highest BCUT2D eigenvalue weighted by Gasteiger charge is 2.16. The summed E-state index contributed by atoms with van der Waals surface area (Å²) in [5, 5.41) is 7.92. The van der Waals surface area contributed by atoms with Crippen molar-refractivity contribution < 1.29 is 4.39 Å². The van der Waals surface area contributed by atoms with Gasteiger partial charge in [0, 0.05) is 16.9 Å². The molecule has 0 bridgehead atoms. The van der Waals surface area contributed by atoms with Crippen LogP contribution in [0.15, 0.2) is 47.6 Å². The molecule has 0 radical (unpaired) electrons. The van der Waals surface area contributed by atoms with Crippen molar-refractivity contribution >= 4 is 47.0 Å². The zero-order chi connectivity index (χ0) is 19.9. The molecule has 3 rings (SSSR count). The summed E-state index contributed by atoms with van der Waals surface area (Å²) in [4.78, 5) is 12.8. The number of anilines is 3. The minimum Gasteiger partial charge on any atom is -0.324 e. The van der Waals surface area contributed by atoms with Crippen LogP contribution in [0.3, 0.4) is 0 Å². The standard InChI is InChI=1S/C19H17Cl2FN6/c1-2-3-11-23-28-19-26-17(16-14(21)5-4-6-15(16)22)25-18(27-19)24-13-9-7-12(20)8-10-13/h4-11H,2-3H2,1H3,(H2,24,25,26,27,28). The molecular formula is C19H17Cl2FN6. The summed E-state index contributed by atoms with van der Waals surface area (Å²) in [5.74, 6) is -0.0766. The van der Waals surface area contributed by atoms with Gasteiger partial charge in [-0.2, -0.15) is 20.1 Å². The zero-order valence-electron chi connectivity index (χ0n) is 15.0. The van der Waals surface area contributed by atoms with Crippen LogP contribution in [-0.4, -0.2) is 21.2 Å². The van der Waals surface area contributed by atoms with Crippen LogP contribution in [0.2, 0.25) is 10.0 Å². The van der Waals surface area contributed by atoms with Gasteiger partial charge in [0.1, 0.15) is 5.82 Å². The molecule has 0 aliphatic rings. The lowest BCUT2D eigenvalue weighted by Crippen LogP contribution is -2.06. The third-order valence-corrected chi connectivity index (χ3v) is 4.16. The summed E-state index contributed by atoms with van der Waals surface area (Å²) in [6, 6.07) is 11.4. The van der Waals surface area contributed by atoms with Crippen LogP contribution in [0, 0.1) is 5.82 Å². The molecule has 1 aromatic heterocycles. The van der Waals surface area contributed by atoms with Crippen molar-refractivity contribution in [3.8, 4) is 11.4 Å². The summed E-state index contributed by atoms with van der Waals surface area (Å²) in [5.41, 5.74) is 3.54. The summed E-state index contributed by atoms with van der Waals surface area (Å²) in [7, 11) is 0. The molecular weight excluding hydrogens is 402 g/mol. The summed E-state index contributed by atoms with van der Waals surface area (Å²) >= 11 is 12.1. The van der Waals surface area contributed by atoms with Crippen molar-refractivity contribution in [3.63, 3.8) is 0 Å². The van der Waals surface area contributed by atoms with Gasteiger partial charge >= 0.3 is 0 Å². The van der Waals surface area contributed by atoms with Gasteiger partial charge in [0.15, 0.2) is 5.82 Å². The molecule has 2 aromatic carbocycles. The van der Waals surface area contributed by atoms with E-state index in [0.717, 1.165) is 12.8 Å². The van der Waals surface area contributed by atoms with Gasteiger partial charge in [0.2, 0.25) is 11.9 Å².